The maximum absolute atomic E-state index is 12.0. The summed E-state index contributed by atoms with van der Waals surface area (Å²) < 4.78 is 4.74. The van der Waals surface area contributed by atoms with Gasteiger partial charge in [-0.3, -0.25) is 9.78 Å². The Balaban J connectivity index is 2.84. The molecule has 1 aromatic carbocycles. The van der Waals surface area contributed by atoms with E-state index in [4.69, 9.17) is 22.1 Å². The van der Waals surface area contributed by atoms with E-state index in [1.54, 1.807) is 31.2 Å². The minimum atomic E-state index is -0.728. The van der Waals surface area contributed by atoms with Crippen molar-refractivity contribution < 1.29 is 14.3 Å². The highest BCUT2D eigenvalue weighted by molar-refractivity contribution is 6.33. The fourth-order valence-electron chi connectivity index (χ4n) is 2.02. The van der Waals surface area contributed by atoms with Crippen LogP contribution in [0.25, 0.3) is 11.3 Å². The first kappa shape index (κ1) is 15.0. The first-order valence-electron chi connectivity index (χ1n) is 6.10. The monoisotopic (exact) mass is 304 g/mol. The second kappa shape index (κ2) is 5.93. The molecule has 1 aromatic heterocycles. The topological polar surface area (TPSA) is 82.3 Å². The molecular weight excluding hydrogens is 292 g/mol. The molecule has 0 aliphatic rings. The van der Waals surface area contributed by atoms with Crippen molar-refractivity contribution >= 4 is 23.5 Å². The quantitative estimate of drug-likeness (QED) is 0.884. The van der Waals surface area contributed by atoms with E-state index in [1.807, 2.05) is 0 Å². The predicted octanol–water partition coefficient (Wildman–Crippen LogP) is 2.60. The molecule has 6 heteroatoms. The van der Waals surface area contributed by atoms with Crippen LogP contribution in [0.4, 0.5) is 0 Å². The van der Waals surface area contributed by atoms with Crippen molar-refractivity contribution in [3.63, 3.8) is 0 Å². The fourth-order valence-corrected chi connectivity index (χ4v) is 2.25. The smallest absolute Gasteiger partial charge is 0.340 e. The number of primary amides is 1. The summed E-state index contributed by atoms with van der Waals surface area (Å²) in [7, 11) is 1.23. The molecule has 0 unspecified atom stereocenters. The molecule has 0 radical (unpaired) electrons. The molecule has 1 heterocycles. The Hall–Kier alpha value is -2.40. The molecular formula is C15H13ClN2O3. The Bertz CT molecular complexity index is 729. The highest BCUT2D eigenvalue weighted by Crippen LogP contribution is 2.31. The maximum Gasteiger partial charge on any atom is 0.340 e. The number of esters is 1. The fraction of sp³-hybridized carbons (Fsp3) is 0.133. The zero-order chi connectivity index (χ0) is 15.6. The summed E-state index contributed by atoms with van der Waals surface area (Å²) in [6.45, 7) is 1.70. The number of methoxy groups -OCH3 is 1. The van der Waals surface area contributed by atoms with E-state index < -0.39 is 11.9 Å². The van der Waals surface area contributed by atoms with Crippen molar-refractivity contribution in [2.75, 3.05) is 7.11 Å². The maximum atomic E-state index is 12.0. The third-order valence-corrected chi connectivity index (χ3v) is 3.26. The van der Waals surface area contributed by atoms with Gasteiger partial charge in [-0.25, -0.2) is 4.79 Å². The Kier molecular flexibility index (Phi) is 4.23. The number of nitrogens with zero attached hydrogens (tertiary/aromatic N) is 1. The third kappa shape index (κ3) is 2.87. The number of ether oxygens (including phenoxy) is 1. The molecule has 0 fully saturated rings. The SMILES string of the molecule is COC(=O)c1c(C(N)=O)cc(C)nc1-c1ccccc1Cl. The lowest BCUT2D eigenvalue weighted by Gasteiger charge is -2.13. The summed E-state index contributed by atoms with van der Waals surface area (Å²) in [5.41, 5.74) is 6.79. The molecule has 5 nitrogen and oxygen atoms in total. The number of nitrogens with two attached hydrogens (primary N) is 1. The van der Waals surface area contributed by atoms with Crippen molar-refractivity contribution in [1.82, 2.24) is 4.98 Å². The summed E-state index contributed by atoms with van der Waals surface area (Å²) in [4.78, 5) is 28.0. The van der Waals surface area contributed by atoms with Gasteiger partial charge in [0.1, 0.15) is 0 Å². The van der Waals surface area contributed by atoms with Crippen LogP contribution in [0.1, 0.15) is 26.4 Å². The number of pyridine rings is 1. The normalized spacial score (nSPS) is 10.2. The van der Waals surface area contributed by atoms with E-state index in [-0.39, 0.29) is 16.8 Å². The van der Waals surface area contributed by atoms with E-state index in [0.717, 1.165) is 0 Å². The molecule has 0 bridgehead atoms. The molecule has 108 valence electrons. The highest BCUT2D eigenvalue weighted by Gasteiger charge is 2.24. The van der Waals surface area contributed by atoms with Crippen LogP contribution in [0.15, 0.2) is 30.3 Å². The zero-order valence-electron chi connectivity index (χ0n) is 11.5. The molecule has 21 heavy (non-hydrogen) atoms. The number of carbonyl (C=O) groups is 2. The van der Waals surface area contributed by atoms with Gasteiger partial charge in [0.05, 0.1) is 23.9 Å². The van der Waals surface area contributed by atoms with Crippen molar-refractivity contribution in [3.8, 4) is 11.3 Å². The van der Waals surface area contributed by atoms with Gasteiger partial charge in [0.15, 0.2) is 0 Å². The number of amides is 1. The van der Waals surface area contributed by atoms with Gasteiger partial charge in [-0.2, -0.15) is 0 Å². The average Bonchev–Trinajstić information content (AvgIpc) is 2.46. The van der Waals surface area contributed by atoms with Gasteiger partial charge >= 0.3 is 5.97 Å². The van der Waals surface area contributed by atoms with Crippen LogP contribution in [0.2, 0.25) is 5.02 Å². The van der Waals surface area contributed by atoms with Crippen LogP contribution in [0, 0.1) is 6.92 Å². The Morgan fingerprint density at radius 3 is 2.52 bits per heavy atom. The van der Waals surface area contributed by atoms with Gasteiger partial charge < -0.3 is 10.5 Å². The van der Waals surface area contributed by atoms with E-state index >= 15 is 0 Å². The Morgan fingerprint density at radius 1 is 1.29 bits per heavy atom. The van der Waals surface area contributed by atoms with E-state index in [9.17, 15) is 9.59 Å². The molecule has 2 N–H and O–H groups in total. The summed E-state index contributed by atoms with van der Waals surface area (Å²) in [6, 6.07) is 8.35. The Labute approximate surface area is 126 Å². The summed E-state index contributed by atoms with van der Waals surface area (Å²) >= 11 is 6.15. The van der Waals surface area contributed by atoms with Crippen molar-refractivity contribution in [2.24, 2.45) is 5.73 Å². The lowest BCUT2D eigenvalue weighted by atomic mass is 9.99. The molecule has 2 aromatic rings. The number of aryl methyl sites for hydroxylation is 1. The molecule has 0 atom stereocenters. The van der Waals surface area contributed by atoms with Crippen LogP contribution < -0.4 is 5.73 Å². The predicted molar refractivity (Wildman–Crippen MR) is 79.3 cm³/mol. The molecule has 0 aliphatic heterocycles. The molecule has 0 aliphatic carbocycles. The summed E-state index contributed by atoms with van der Waals surface area (Å²) in [5, 5.41) is 0.413. The van der Waals surface area contributed by atoms with Crippen LogP contribution in [0.3, 0.4) is 0 Å². The summed E-state index contributed by atoms with van der Waals surface area (Å²) in [6.07, 6.45) is 0. The number of benzene rings is 1. The standard InChI is InChI=1S/C15H13ClN2O3/c1-8-7-10(14(17)19)12(15(20)21-2)13(18-8)9-5-3-4-6-11(9)16/h3-7H,1-2H3,(H2,17,19). The van der Waals surface area contributed by atoms with Crippen LogP contribution in [-0.4, -0.2) is 24.0 Å². The van der Waals surface area contributed by atoms with Gasteiger partial charge in [0.25, 0.3) is 0 Å². The van der Waals surface area contributed by atoms with Gasteiger partial charge in [-0.05, 0) is 19.1 Å². The van der Waals surface area contributed by atoms with E-state index in [0.29, 0.717) is 16.3 Å². The zero-order valence-corrected chi connectivity index (χ0v) is 12.3. The Morgan fingerprint density at radius 2 is 1.95 bits per heavy atom. The van der Waals surface area contributed by atoms with Crippen molar-refractivity contribution in [1.29, 1.82) is 0 Å². The van der Waals surface area contributed by atoms with Gasteiger partial charge in [-0.1, -0.05) is 29.8 Å². The van der Waals surface area contributed by atoms with Gasteiger partial charge in [0.2, 0.25) is 5.91 Å². The largest absolute Gasteiger partial charge is 0.465 e. The molecule has 0 saturated heterocycles. The number of aromatic nitrogens is 1. The number of rotatable bonds is 3. The van der Waals surface area contributed by atoms with Gasteiger partial charge in [-0.15, -0.1) is 0 Å². The second-order valence-corrected chi connectivity index (χ2v) is 4.78. The average molecular weight is 305 g/mol. The lowest BCUT2D eigenvalue weighted by Crippen LogP contribution is -2.19. The van der Waals surface area contributed by atoms with E-state index in [2.05, 4.69) is 4.98 Å². The third-order valence-electron chi connectivity index (χ3n) is 2.93. The van der Waals surface area contributed by atoms with E-state index in [1.165, 1.54) is 13.2 Å². The molecule has 0 saturated carbocycles. The van der Waals surface area contributed by atoms with Crippen molar-refractivity contribution in [3.05, 3.63) is 52.2 Å². The number of carbonyl (C=O) groups excluding carboxylic acids is 2. The second-order valence-electron chi connectivity index (χ2n) is 4.37. The summed E-state index contributed by atoms with van der Waals surface area (Å²) in [5.74, 6) is -1.42. The van der Waals surface area contributed by atoms with Crippen LogP contribution in [-0.2, 0) is 4.74 Å². The first-order valence-corrected chi connectivity index (χ1v) is 6.48. The van der Waals surface area contributed by atoms with Crippen LogP contribution >= 0.6 is 11.6 Å². The number of halogens is 1. The van der Waals surface area contributed by atoms with Crippen LogP contribution in [0.5, 0.6) is 0 Å². The molecule has 1 amide bonds. The number of hydrogen-bond donors (Lipinski definition) is 1. The minimum Gasteiger partial charge on any atom is -0.465 e. The minimum absolute atomic E-state index is 0.0173. The molecule has 2 rings (SSSR count). The van der Waals surface area contributed by atoms with Gasteiger partial charge in [0, 0.05) is 16.3 Å². The highest BCUT2D eigenvalue weighted by atomic mass is 35.5. The first-order chi connectivity index (χ1) is 9.95. The molecule has 0 spiro atoms. The lowest BCUT2D eigenvalue weighted by molar-refractivity contribution is 0.0597. The number of hydrogen-bond acceptors (Lipinski definition) is 4. The van der Waals surface area contributed by atoms with Crippen molar-refractivity contribution in [2.45, 2.75) is 6.92 Å².